The molecule has 1 heterocycles. The normalized spacial score (nSPS) is 9.09. The van der Waals surface area contributed by atoms with Gasteiger partial charge in [0, 0.05) is 10.0 Å². The fraction of sp³-hybridized carbons (Fsp3) is 0.500. The standard InChI is InChI=1S/C4H8N7/c5-9-7-1-2-11-4-10(6)3-8-11/h3-4H,1-2,6H2/q+1. The van der Waals surface area contributed by atoms with Crippen molar-refractivity contribution in [3.05, 3.63) is 23.1 Å². The maximum absolute atomic E-state index is 7.95. The minimum Gasteiger partial charge on any atom is -0.289 e. The molecule has 0 aliphatic heterocycles. The second kappa shape index (κ2) is 3.43. The topological polar surface area (TPSA) is 96.5 Å². The molecule has 0 aliphatic carbocycles. The van der Waals surface area contributed by atoms with Crippen molar-refractivity contribution in [1.82, 2.24) is 9.78 Å². The number of hydrogen-bond acceptors (Lipinski definition) is 3. The van der Waals surface area contributed by atoms with Gasteiger partial charge in [0.05, 0.1) is 6.54 Å². The van der Waals surface area contributed by atoms with Gasteiger partial charge in [0.1, 0.15) is 6.54 Å². The monoisotopic (exact) mass is 154 g/mol. The Balaban J connectivity index is 2.44. The van der Waals surface area contributed by atoms with Crippen LogP contribution in [0.4, 0.5) is 0 Å². The molecule has 11 heavy (non-hydrogen) atoms. The summed E-state index contributed by atoms with van der Waals surface area (Å²) in [6.07, 6.45) is 3.07. The lowest BCUT2D eigenvalue weighted by molar-refractivity contribution is -0.639. The minimum absolute atomic E-state index is 0.387. The zero-order valence-electron chi connectivity index (χ0n) is 5.83. The Morgan fingerprint density at radius 2 is 2.64 bits per heavy atom. The summed E-state index contributed by atoms with van der Waals surface area (Å²) in [5.74, 6) is 5.31. The predicted molar refractivity (Wildman–Crippen MR) is 36.6 cm³/mol. The van der Waals surface area contributed by atoms with Crippen molar-refractivity contribution in [2.45, 2.75) is 6.54 Å². The van der Waals surface area contributed by atoms with Crippen LogP contribution in [-0.2, 0) is 6.54 Å². The Kier molecular flexibility index (Phi) is 2.29. The SMILES string of the molecule is [N-]=[N+]=NCCn1c[n+](N)cn1. The molecular weight excluding hydrogens is 146 g/mol. The van der Waals surface area contributed by atoms with Crippen LogP contribution < -0.4 is 10.5 Å². The van der Waals surface area contributed by atoms with Gasteiger partial charge in [-0.05, 0) is 5.53 Å². The van der Waals surface area contributed by atoms with Crippen molar-refractivity contribution in [3.63, 3.8) is 0 Å². The molecule has 7 nitrogen and oxygen atoms in total. The zero-order valence-corrected chi connectivity index (χ0v) is 5.83. The van der Waals surface area contributed by atoms with Crippen LogP contribution in [0.15, 0.2) is 17.8 Å². The molecule has 0 saturated heterocycles. The quantitative estimate of drug-likeness (QED) is 0.202. The molecule has 7 heteroatoms. The lowest BCUT2D eigenvalue weighted by atomic mass is 10.7. The zero-order chi connectivity index (χ0) is 8.10. The van der Waals surface area contributed by atoms with Crippen molar-refractivity contribution in [1.29, 1.82) is 0 Å². The lowest BCUT2D eigenvalue weighted by Crippen LogP contribution is -2.42. The van der Waals surface area contributed by atoms with Crippen LogP contribution in [0.3, 0.4) is 0 Å². The molecule has 0 bridgehead atoms. The molecule has 1 rings (SSSR count). The summed E-state index contributed by atoms with van der Waals surface area (Å²) in [5, 5.41) is 7.20. The third-order valence-corrected chi connectivity index (χ3v) is 1.09. The summed E-state index contributed by atoms with van der Waals surface area (Å²) in [5.41, 5.74) is 7.95. The predicted octanol–water partition coefficient (Wildman–Crippen LogP) is -0.805. The van der Waals surface area contributed by atoms with Crippen molar-refractivity contribution < 1.29 is 4.68 Å². The van der Waals surface area contributed by atoms with Gasteiger partial charge in [-0.2, -0.15) is 0 Å². The largest absolute Gasteiger partial charge is 0.289 e. The van der Waals surface area contributed by atoms with Crippen LogP contribution in [0, 0.1) is 0 Å². The van der Waals surface area contributed by atoms with Crippen LogP contribution >= 0.6 is 0 Å². The molecule has 0 radical (unpaired) electrons. The number of aromatic nitrogens is 3. The van der Waals surface area contributed by atoms with E-state index in [-0.39, 0.29) is 0 Å². The summed E-state index contributed by atoms with van der Waals surface area (Å²) in [7, 11) is 0. The van der Waals surface area contributed by atoms with E-state index >= 15 is 0 Å². The average molecular weight is 154 g/mol. The van der Waals surface area contributed by atoms with E-state index in [1.807, 2.05) is 0 Å². The Morgan fingerprint density at radius 1 is 1.82 bits per heavy atom. The molecular formula is C4H8N7+. The fourth-order valence-electron chi connectivity index (χ4n) is 0.647. The summed E-state index contributed by atoms with van der Waals surface area (Å²) < 4.78 is 2.92. The Morgan fingerprint density at radius 3 is 3.18 bits per heavy atom. The van der Waals surface area contributed by atoms with E-state index in [9.17, 15) is 0 Å². The van der Waals surface area contributed by atoms with Gasteiger partial charge in [0.15, 0.2) is 0 Å². The molecule has 0 saturated carbocycles. The first-order chi connectivity index (χ1) is 5.33. The second-order valence-corrected chi connectivity index (χ2v) is 1.91. The smallest absolute Gasteiger partial charge is 0.286 e. The van der Waals surface area contributed by atoms with Gasteiger partial charge >= 0.3 is 0 Å². The van der Waals surface area contributed by atoms with Gasteiger partial charge in [-0.15, -0.1) is 9.36 Å². The second-order valence-electron chi connectivity index (χ2n) is 1.91. The van der Waals surface area contributed by atoms with Crippen molar-refractivity contribution >= 4 is 0 Å². The summed E-state index contributed by atoms with van der Waals surface area (Å²) >= 11 is 0. The van der Waals surface area contributed by atoms with E-state index in [1.165, 1.54) is 11.0 Å². The molecule has 2 N–H and O–H groups in total. The molecule has 0 spiro atoms. The van der Waals surface area contributed by atoms with Gasteiger partial charge in [-0.3, -0.25) is 5.84 Å². The third kappa shape index (κ3) is 2.15. The van der Waals surface area contributed by atoms with Crippen molar-refractivity contribution in [3.8, 4) is 0 Å². The summed E-state index contributed by atoms with van der Waals surface area (Å²) in [6, 6.07) is 0. The molecule has 1 aromatic heterocycles. The van der Waals surface area contributed by atoms with E-state index in [0.717, 1.165) is 0 Å². The van der Waals surface area contributed by atoms with Gasteiger partial charge in [0.2, 0.25) is 6.33 Å². The van der Waals surface area contributed by atoms with E-state index in [1.54, 1.807) is 11.0 Å². The van der Waals surface area contributed by atoms with Crippen LogP contribution in [0.5, 0.6) is 0 Å². The number of nitrogens with zero attached hydrogens (tertiary/aromatic N) is 6. The first kappa shape index (κ1) is 7.36. The highest BCUT2D eigenvalue weighted by molar-refractivity contribution is 4.50. The van der Waals surface area contributed by atoms with Crippen molar-refractivity contribution in [2.24, 2.45) is 5.11 Å². The summed E-state index contributed by atoms with van der Waals surface area (Å²) in [6.45, 7) is 0.937. The Hall–Kier alpha value is -1.75. The molecule has 0 fully saturated rings. The molecule has 1 aromatic rings. The van der Waals surface area contributed by atoms with Gasteiger partial charge in [-0.1, -0.05) is 5.11 Å². The Bertz CT molecular complexity index is 270. The lowest BCUT2D eigenvalue weighted by Gasteiger charge is -1.83. The van der Waals surface area contributed by atoms with Crippen molar-refractivity contribution in [2.75, 3.05) is 12.4 Å². The molecule has 0 amide bonds. The average Bonchev–Trinajstić information content (AvgIpc) is 2.37. The van der Waals surface area contributed by atoms with Crippen LogP contribution in [-0.4, -0.2) is 16.3 Å². The van der Waals surface area contributed by atoms with E-state index in [4.69, 9.17) is 11.4 Å². The van der Waals surface area contributed by atoms with Gasteiger partial charge in [-0.25, -0.2) is 0 Å². The molecule has 58 valence electrons. The molecule has 0 unspecified atom stereocenters. The van der Waals surface area contributed by atoms with Gasteiger partial charge in [0.25, 0.3) is 6.33 Å². The number of azide groups is 1. The van der Waals surface area contributed by atoms with Crippen LogP contribution in [0.1, 0.15) is 0 Å². The maximum Gasteiger partial charge on any atom is 0.286 e. The minimum atomic E-state index is 0.387. The van der Waals surface area contributed by atoms with Crippen LogP contribution in [0.2, 0.25) is 0 Å². The highest BCUT2D eigenvalue weighted by Gasteiger charge is 1.99. The molecule has 0 aliphatic rings. The van der Waals surface area contributed by atoms with Gasteiger partial charge < -0.3 is 0 Å². The summed E-state index contributed by atoms with van der Waals surface area (Å²) in [4.78, 5) is 2.60. The molecule has 0 aromatic carbocycles. The Labute approximate surface area is 62.6 Å². The number of nitrogen functional groups attached to an aromatic ring is 1. The first-order valence-corrected chi connectivity index (χ1v) is 3.02. The van der Waals surface area contributed by atoms with E-state index in [2.05, 4.69) is 15.1 Å². The van der Waals surface area contributed by atoms with E-state index < -0.39 is 0 Å². The highest BCUT2D eigenvalue weighted by Crippen LogP contribution is 1.78. The number of rotatable bonds is 3. The van der Waals surface area contributed by atoms with E-state index in [0.29, 0.717) is 13.1 Å². The third-order valence-electron chi connectivity index (χ3n) is 1.09. The van der Waals surface area contributed by atoms with Crippen LogP contribution in [0.25, 0.3) is 10.4 Å². The first-order valence-electron chi connectivity index (χ1n) is 3.02. The number of nitrogens with two attached hydrogens (primary N) is 1. The maximum atomic E-state index is 7.95. The number of hydrogen-bond donors (Lipinski definition) is 1. The highest BCUT2D eigenvalue weighted by atomic mass is 15.4. The molecule has 0 atom stereocenters. The fourth-order valence-corrected chi connectivity index (χ4v) is 0.647.